The summed E-state index contributed by atoms with van der Waals surface area (Å²) in [6.45, 7) is 1.77. The van der Waals surface area contributed by atoms with Crippen molar-refractivity contribution < 1.29 is 14.0 Å². The molecule has 0 unspecified atom stereocenters. The average Bonchev–Trinajstić information content (AvgIpc) is 3.29. The Hall–Kier alpha value is -3.80. The number of hydrazone groups is 1. The van der Waals surface area contributed by atoms with Crippen molar-refractivity contribution in [2.45, 2.75) is 6.92 Å². The van der Waals surface area contributed by atoms with E-state index in [0.717, 1.165) is 12.0 Å². The van der Waals surface area contributed by atoms with Crippen LogP contribution in [0.4, 0.5) is 5.69 Å². The number of aldehydes is 1. The smallest absolute Gasteiger partial charge is 0.280 e. The SMILES string of the molecule is CC1=NN(c2ccc(C=O)cc2)C(=O)/C1=C\c1ccc(-c2ccccn2)o1. The number of nitrogens with zero attached hydrogens (tertiary/aromatic N) is 3. The van der Waals surface area contributed by atoms with Gasteiger partial charge in [0.05, 0.1) is 17.0 Å². The predicted octanol–water partition coefficient (Wildman–Crippen LogP) is 3.96. The molecule has 3 aromatic rings. The number of aromatic nitrogens is 1. The van der Waals surface area contributed by atoms with Crippen LogP contribution in [-0.2, 0) is 4.79 Å². The molecule has 0 radical (unpaired) electrons. The molecule has 6 heteroatoms. The Morgan fingerprint density at radius 1 is 1.04 bits per heavy atom. The lowest BCUT2D eigenvalue weighted by Gasteiger charge is -2.11. The van der Waals surface area contributed by atoms with E-state index in [1.165, 1.54) is 5.01 Å². The molecule has 27 heavy (non-hydrogen) atoms. The fourth-order valence-electron chi connectivity index (χ4n) is 2.77. The van der Waals surface area contributed by atoms with E-state index in [4.69, 9.17) is 4.42 Å². The molecule has 0 aliphatic carbocycles. The van der Waals surface area contributed by atoms with Crippen LogP contribution in [0.2, 0.25) is 0 Å². The zero-order chi connectivity index (χ0) is 18.8. The average molecular weight is 357 g/mol. The van der Waals surface area contributed by atoms with E-state index >= 15 is 0 Å². The van der Waals surface area contributed by atoms with E-state index in [-0.39, 0.29) is 5.91 Å². The third-order valence-electron chi connectivity index (χ3n) is 4.17. The molecule has 132 valence electrons. The van der Waals surface area contributed by atoms with E-state index in [9.17, 15) is 9.59 Å². The molecule has 0 atom stereocenters. The van der Waals surface area contributed by atoms with Gasteiger partial charge in [0.25, 0.3) is 5.91 Å². The lowest BCUT2D eigenvalue weighted by Crippen LogP contribution is -2.21. The Bertz CT molecular complexity index is 1060. The summed E-state index contributed by atoms with van der Waals surface area (Å²) in [6.07, 6.45) is 4.12. The first-order valence-corrected chi connectivity index (χ1v) is 8.34. The number of carbonyl (C=O) groups is 2. The van der Waals surface area contributed by atoms with Gasteiger partial charge in [-0.15, -0.1) is 0 Å². The van der Waals surface area contributed by atoms with Gasteiger partial charge in [-0.2, -0.15) is 10.1 Å². The van der Waals surface area contributed by atoms with Gasteiger partial charge in [0, 0.05) is 11.8 Å². The molecule has 0 spiro atoms. The van der Waals surface area contributed by atoms with E-state index in [2.05, 4.69) is 10.1 Å². The summed E-state index contributed by atoms with van der Waals surface area (Å²) in [5.74, 6) is 0.928. The molecule has 1 aromatic carbocycles. The highest BCUT2D eigenvalue weighted by molar-refractivity contribution is 6.32. The second-order valence-electron chi connectivity index (χ2n) is 5.99. The van der Waals surface area contributed by atoms with Gasteiger partial charge in [0.15, 0.2) is 5.76 Å². The molecule has 3 heterocycles. The Morgan fingerprint density at radius 2 is 1.85 bits per heavy atom. The van der Waals surface area contributed by atoms with Gasteiger partial charge in [-0.25, -0.2) is 0 Å². The lowest BCUT2D eigenvalue weighted by molar-refractivity contribution is -0.114. The zero-order valence-electron chi connectivity index (χ0n) is 14.5. The summed E-state index contributed by atoms with van der Waals surface area (Å²) < 4.78 is 5.80. The number of anilines is 1. The van der Waals surface area contributed by atoms with Crippen LogP contribution in [0.5, 0.6) is 0 Å². The van der Waals surface area contributed by atoms with E-state index in [0.29, 0.717) is 34.1 Å². The van der Waals surface area contributed by atoms with Crippen molar-refractivity contribution in [1.29, 1.82) is 0 Å². The van der Waals surface area contributed by atoms with Crippen LogP contribution >= 0.6 is 0 Å². The number of furan rings is 1. The van der Waals surface area contributed by atoms with Gasteiger partial charge in [0.2, 0.25) is 0 Å². The highest BCUT2D eigenvalue weighted by Gasteiger charge is 2.29. The van der Waals surface area contributed by atoms with Gasteiger partial charge in [-0.1, -0.05) is 6.07 Å². The largest absolute Gasteiger partial charge is 0.455 e. The number of benzene rings is 1. The standard InChI is InChI=1S/C21H15N3O3/c1-14-18(12-17-9-10-20(27-17)19-4-2-3-11-22-19)21(26)24(23-14)16-7-5-15(13-25)6-8-16/h2-13H,1H3/b18-12-. The fourth-order valence-corrected chi connectivity index (χ4v) is 2.77. The molecule has 0 fully saturated rings. The van der Waals surface area contributed by atoms with Crippen molar-refractivity contribution in [3.05, 3.63) is 77.7 Å². The second-order valence-corrected chi connectivity index (χ2v) is 5.99. The van der Waals surface area contributed by atoms with Gasteiger partial charge in [0.1, 0.15) is 17.7 Å². The normalized spacial score (nSPS) is 15.3. The summed E-state index contributed by atoms with van der Waals surface area (Å²) in [6, 6.07) is 15.8. The minimum atomic E-state index is -0.248. The van der Waals surface area contributed by atoms with Gasteiger partial charge in [-0.05, 0) is 61.5 Å². The van der Waals surface area contributed by atoms with Crippen LogP contribution in [0.3, 0.4) is 0 Å². The number of hydrogen-bond donors (Lipinski definition) is 0. The maximum atomic E-state index is 12.8. The number of pyridine rings is 1. The molecule has 1 aliphatic rings. The maximum absolute atomic E-state index is 12.8. The summed E-state index contributed by atoms with van der Waals surface area (Å²) >= 11 is 0. The highest BCUT2D eigenvalue weighted by atomic mass is 16.3. The van der Waals surface area contributed by atoms with Crippen molar-refractivity contribution in [1.82, 2.24) is 4.98 Å². The Balaban J connectivity index is 1.61. The third kappa shape index (κ3) is 3.20. The molecule has 1 amide bonds. The van der Waals surface area contributed by atoms with Gasteiger partial charge in [-0.3, -0.25) is 14.6 Å². The Labute approximate surface area is 155 Å². The van der Waals surface area contributed by atoms with Crippen molar-refractivity contribution in [2.24, 2.45) is 5.10 Å². The van der Waals surface area contributed by atoms with E-state index < -0.39 is 0 Å². The molecule has 4 rings (SSSR count). The molecule has 0 saturated heterocycles. The topological polar surface area (TPSA) is 75.8 Å². The Morgan fingerprint density at radius 3 is 2.56 bits per heavy atom. The molecule has 6 nitrogen and oxygen atoms in total. The number of amides is 1. The first-order chi connectivity index (χ1) is 13.2. The fraction of sp³-hybridized carbons (Fsp3) is 0.0476. The molecular formula is C21H15N3O3. The molecule has 1 aliphatic heterocycles. The van der Waals surface area contributed by atoms with E-state index in [1.54, 1.807) is 49.5 Å². The summed E-state index contributed by atoms with van der Waals surface area (Å²) in [5, 5.41) is 5.65. The first kappa shape index (κ1) is 16.7. The van der Waals surface area contributed by atoms with Gasteiger partial charge < -0.3 is 4.42 Å². The van der Waals surface area contributed by atoms with Crippen molar-refractivity contribution in [3.8, 4) is 11.5 Å². The second kappa shape index (κ2) is 6.84. The van der Waals surface area contributed by atoms with Crippen molar-refractivity contribution >= 4 is 29.7 Å². The monoisotopic (exact) mass is 357 g/mol. The van der Waals surface area contributed by atoms with Crippen molar-refractivity contribution in [2.75, 3.05) is 5.01 Å². The predicted molar refractivity (Wildman–Crippen MR) is 102 cm³/mol. The van der Waals surface area contributed by atoms with Gasteiger partial charge >= 0.3 is 0 Å². The maximum Gasteiger partial charge on any atom is 0.280 e. The van der Waals surface area contributed by atoms with E-state index in [1.807, 2.05) is 24.3 Å². The summed E-state index contributed by atoms with van der Waals surface area (Å²) in [5.41, 5.74) is 2.91. The minimum Gasteiger partial charge on any atom is -0.455 e. The van der Waals surface area contributed by atoms with Crippen LogP contribution in [0.15, 0.2) is 75.9 Å². The third-order valence-corrected chi connectivity index (χ3v) is 4.17. The van der Waals surface area contributed by atoms with Crippen LogP contribution < -0.4 is 5.01 Å². The van der Waals surface area contributed by atoms with Crippen LogP contribution in [-0.4, -0.2) is 22.9 Å². The molecule has 0 bridgehead atoms. The molecular weight excluding hydrogens is 342 g/mol. The van der Waals surface area contributed by atoms with Crippen LogP contribution in [0.1, 0.15) is 23.0 Å². The lowest BCUT2D eigenvalue weighted by atomic mass is 10.1. The zero-order valence-corrected chi connectivity index (χ0v) is 14.5. The number of carbonyl (C=O) groups excluding carboxylic acids is 2. The number of hydrogen-bond acceptors (Lipinski definition) is 5. The highest BCUT2D eigenvalue weighted by Crippen LogP contribution is 2.27. The van der Waals surface area contributed by atoms with Crippen LogP contribution in [0.25, 0.3) is 17.5 Å². The first-order valence-electron chi connectivity index (χ1n) is 8.34. The number of rotatable bonds is 4. The summed E-state index contributed by atoms with van der Waals surface area (Å²) in [4.78, 5) is 27.8. The van der Waals surface area contributed by atoms with Crippen molar-refractivity contribution in [3.63, 3.8) is 0 Å². The molecule has 0 N–H and O–H groups in total. The molecule has 0 saturated carbocycles. The Kier molecular flexibility index (Phi) is 4.22. The van der Waals surface area contributed by atoms with Crippen LogP contribution in [0, 0.1) is 0 Å². The quantitative estimate of drug-likeness (QED) is 0.523. The molecule has 2 aromatic heterocycles. The minimum absolute atomic E-state index is 0.248. The summed E-state index contributed by atoms with van der Waals surface area (Å²) in [7, 11) is 0.